The first-order valence-electron chi connectivity index (χ1n) is 8.17. The minimum Gasteiger partial charge on any atom is -0.486 e. The highest BCUT2D eigenvalue weighted by molar-refractivity contribution is 7.17. The second-order valence-corrected chi connectivity index (χ2v) is 6.69. The highest BCUT2D eigenvalue weighted by Crippen LogP contribution is 2.32. The Morgan fingerprint density at radius 1 is 1.21 bits per heavy atom. The van der Waals surface area contributed by atoms with Crippen molar-refractivity contribution < 1.29 is 9.47 Å². The summed E-state index contributed by atoms with van der Waals surface area (Å²) in [4.78, 5) is 11.2. The highest BCUT2D eigenvalue weighted by atomic mass is 32.1. The van der Waals surface area contributed by atoms with Gasteiger partial charge in [-0.2, -0.15) is 0 Å². The molecule has 0 unspecified atom stereocenters. The minimum atomic E-state index is -0.0172. The number of anilines is 1. The number of rotatable bonds is 5. The standard InChI is InChI=1S/C18H19N3O2S/c1-2-8-21(18-17-14(7-9-24-17)19-12-20-18)10-13-11-22-15-5-3-4-6-16(15)23-13/h3-7,9,12-13H,2,8,10-11H2,1H3/t13-/m0/s1. The molecule has 6 heteroatoms. The lowest BCUT2D eigenvalue weighted by molar-refractivity contribution is 0.0951. The number of ether oxygens (including phenoxy) is 2. The van der Waals surface area contributed by atoms with Crippen molar-refractivity contribution in [3.05, 3.63) is 42.0 Å². The van der Waals surface area contributed by atoms with Crippen LogP contribution in [0.3, 0.4) is 0 Å². The third-order valence-corrected chi connectivity index (χ3v) is 4.91. The van der Waals surface area contributed by atoms with E-state index in [0.29, 0.717) is 6.61 Å². The van der Waals surface area contributed by atoms with Gasteiger partial charge in [-0.1, -0.05) is 19.1 Å². The second kappa shape index (κ2) is 6.65. The molecule has 1 aromatic carbocycles. The highest BCUT2D eigenvalue weighted by Gasteiger charge is 2.24. The molecule has 1 atom stereocenters. The minimum absolute atomic E-state index is 0.0172. The maximum absolute atomic E-state index is 6.12. The number of hydrogen-bond donors (Lipinski definition) is 0. The van der Waals surface area contributed by atoms with Crippen LogP contribution in [0, 0.1) is 0 Å². The Bertz CT molecular complexity index is 836. The van der Waals surface area contributed by atoms with Gasteiger partial charge in [0.15, 0.2) is 17.6 Å². The Balaban J connectivity index is 1.57. The molecule has 0 radical (unpaired) electrons. The third-order valence-electron chi connectivity index (χ3n) is 4.01. The van der Waals surface area contributed by atoms with Crippen molar-refractivity contribution in [3.63, 3.8) is 0 Å². The topological polar surface area (TPSA) is 47.5 Å². The average molecular weight is 341 g/mol. The molecule has 3 heterocycles. The van der Waals surface area contributed by atoms with Gasteiger partial charge in [-0.3, -0.25) is 0 Å². The molecular weight excluding hydrogens is 322 g/mol. The SMILES string of the molecule is CCCN(C[C@H]1COc2ccccc2O1)c1ncnc2ccsc12. The van der Waals surface area contributed by atoms with E-state index < -0.39 is 0 Å². The molecule has 1 aliphatic heterocycles. The lowest BCUT2D eigenvalue weighted by Crippen LogP contribution is -2.41. The van der Waals surface area contributed by atoms with Gasteiger partial charge in [0.25, 0.3) is 0 Å². The molecule has 5 nitrogen and oxygen atoms in total. The predicted molar refractivity (Wildman–Crippen MR) is 96.3 cm³/mol. The Labute approximate surface area is 144 Å². The third kappa shape index (κ3) is 2.89. The maximum Gasteiger partial charge on any atom is 0.161 e. The molecule has 0 amide bonds. The molecular formula is C18H19N3O2S. The van der Waals surface area contributed by atoms with E-state index in [1.165, 1.54) is 0 Å². The lowest BCUT2D eigenvalue weighted by Gasteiger charge is -2.32. The second-order valence-electron chi connectivity index (χ2n) is 5.78. The summed E-state index contributed by atoms with van der Waals surface area (Å²) in [5, 5.41) is 2.06. The summed E-state index contributed by atoms with van der Waals surface area (Å²) >= 11 is 1.68. The average Bonchev–Trinajstić information content (AvgIpc) is 3.10. The van der Waals surface area contributed by atoms with Gasteiger partial charge in [-0.15, -0.1) is 11.3 Å². The maximum atomic E-state index is 6.12. The van der Waals surface area contributed by atoms with Gasteiger partial charge in [0, 0.05) is 6.54 Å². The zero-order chi connectivity index (χ0) is 16.4. The first-order chi connectivity index (χ1) is 11.8. The molecule has 124 valence electrons. The summed E-state index contributed by atoms with van der Waals surface area (Å²) in [6, 6.07) is 9.85. The first kappa shape index (κ1) is 15.2. The monoisotopic (exact) mass is 341 g/mol. The van der Waals surface area contributed by atoms with Crippen molar-refractivity contribution in [2.45, 2.75) is 19.4 Å². The van der Waals surface area contributed by atoms with Gasteiger partial charge < -0.3 is 14.4 Å². The summed E-state index contributed by atoms with van der Waals surface area (Å²) < 4.78 is 13.1. The van der Waals surface area contributed by atoms with E-state index in [4.69, 9.17) is 9.47 Å². The zero-order valence-corrected chi connectivity index (χ0v) is 14.3. The van der Waals surface area contributed by atoms with Gasteiger partial charge in [-0.05, 0) is 30.0 Å². The molecule has 0 bridgehead atoms. The van der Waals surface area contributed by atoms with Crippen molar-refractivity contribution in [1.29, 1.82) is 0 Å². The molecule has 1 aliphatic rings. The fourth-order valence-corrected chi connectivity index (χ4v) is 3.82. The van der Waals surface area contributed by atoms with Crippen LogP contribution < -0.4 is 14.4 Å². The Morgan fingerprint density at radius 2 is 2.08 bits per heavy atom. The van der Waals surface area contributed by atoms with E-state index in [1.54, 1.807) is 17.7 Å². The number of para-hydroxylation sites is 2. The van der Waals surface area contributed by atoms with Crippen LogP contribution in [0.2, 0.25) is 0 Å². The van der Waals surface area contributed by atoms with Crippen LogP contribution in [0.5, 0.6) is 11.5 Å². The molecule has 0 spiro atoms. The predicted octanol–water partition coefficient (Wildman–Crippen LogP) is 3.75. The number of aromatic nitrogens is 2. The zero-order valence-electron chi connectivity index (χ0n) is 13.5. The van der Waals surface area contributed by atoms with Gasteiger partial charge in [0.1, 0.15) is 18.8 Å². The number of benzene rings is 1. The van der Waals surface area contributed by atoms with Gasteiger partial charge in [0.05, 0.1) is 16.8 Å². The number of thiophene rings is 1. The molecule has 24 heavy (non-hydrogen) atoms. The van der Waals surface area contributed by atoms with Crippen molar-refractivity contribution in [2.24, 2.45) is 0 Å². The summed E-state index contributed by atoms with van der Waals surface area (Å²) in [6.45, 7) is 4.39. The molecule has 3 aromatic rings. The summed E-state index contributed by atoms with van der Waals surface area (Å²) in [5.41, 5.74) is 0.997. The number of fused-ring (bicyclic) bond motifs is 2. The fourth-order valence-electron chi connectivity index (χ4n) is 2.95. The van der Waals surface area contributed by atoms with Gasteiger partial charge in [0.2, 0.25) is 0 Å². The Morgan fingerprint density at radius 3 is 2.96 bits per heavy atom. The van der Waals surface area contributed by atoms with Crippen LogP contribution in [0.4, 0.5) is 5.82 Å². The molecule has 0 saturated carbocycles. The van der Waals surface area contributed by atoms with E-state index >= 15 is 0 Å². The summed E-state index contributed by atoms with van der Waals surface area (Å²) in [5.74, 6) is 2.62. The van der Waals surface area contributed by atoms with Gasteiger partial charge in [-0.25, -0.2) is 9.97 Å². The van der Waals surface area contributed by atoms with Crippen molar-refractivity contribution in [3.8, 4) is 11.5 Å². The van der Waals surface area contributed by atoms with E-state index in [9.17, 15) is 0 Å². The van der Waals surface area contributed by atoms with Crippen LogP contribution in [-0.4, -0.2) is 35.8 Å². The Hall–Kier alpha value is -2.34. The normalized spacial score (nSPS) is 16.3. The summed E-state index contributed by atoms with van der Waals surface area (Å²) in [7, 11) is 0. The van der Waals surface area contributed by atoms with E-state index in [-0.39, 0.29) is 6.10 Å². The van der Waals surface area contributed by atoms with Crippen molar-refractivity contribution >= 4 is 27.4 Å². The molecule has 2 aromatic heterocycles. The largest absolute Gasteiger partial charge is 0.486 e. The number of nitrogens with zero attached hydrogens (tertiary/aromatic N) is 3. The Kier molecular flexibility index (Phi) is 4.21. The quantitative estimate of drug-likeness (QED) is 0.707. The fraction of sp³-hybridized carbons (Fsp3) is 0.333. The van der Waals surface area contributed by atoms with Crippen molar-refractivity contribution in [2.75, 3.05) is 24.6 Å². The molecule has 4 rings (SSSR count). The first-order valence-corrected chi connectivity index (χ1v) is 9.04. The van der Waals surface area contributed by atoms with Crippen LogP contribution >= 0.6 is 11.3 Å². The molecule has 0 N–H and O–H groups in total. The molecule has 0 aliphatic carbocycles. The number of hydrogen-bond acceptors (Lipinski definition) is 6. The molecule has 0 fully saturated rings. The van der Waals surface area contributed by atoms with Crippen LogP contribution in [-0.2, 0) is 0 Å². The smallest absolute Gasteiger partial charge is 0.161 e. The van der Waals surface area contributed by atoms with E-state index in [0.717, 1.165) is 47.0 Å². The lowest BCUT2D eigenvalue weighted by atomic mass is 10.2. The van der Waals surface area contributed by atoms with Crippen LogP contribution in [0.15, 0.2) is 42.0 Å². The van der Waals surface area contributed by atoms with E-state index in [1.807, 2.05) is 30.3 Å². The van der Waals surface area contributed by atoms with Crippen molar-refractivity contribution in [1.82, 2.24) is 9.97 Å². The molecule has 0 saturated heterocycles. The summed E-state index contributed by atoms with van der Waals surface area (Å²) in [6.07, 6.45) is 2.66. The van der Waals surface area contributed by atoms with Crippen LogP contribution in [0.1, 0.15) is 13.3 Å². The van der Waals surface area contributed by atoms with E-state index in [2.05, 4.69) is 27.2 Å². The van der Waals surface area contributed by atoms with Gasteiger partial charge >= 0.3 is 0 Å². The van der Waals surface area contributed by atoms with Crippen LogP contribution in [0.25, 0.3) is 10.2 Å².